The van der Waals surface area contributed by atoms with Gasteiger partial charge in [-0.15, -0.1) is 11.6 Å². The summed E-state index contributed by atoms with van der Waals surface area (Å²) < 4.78 is 12.0. The fraction of sp³-hybridized carbons (Fsp3) is 0.727. The smallest absolute Gasteiger partial charge is 0.260 e. The van der Waals surface area contributed by atoms with Gasteiger partial charge < -0.3 is 9.47 Å². The molecule has 1 spiro atoms. The maximum absolute atomic E-state index is 6.96. The Morgan fingerprint density at radius 3 is 2.46 bits per heavy atom. The van der Waals surface area contributed by atoms with E-state index in [2.05, 4.69) is 6.92 Å². The second kappa shape index (κ2) is 6.75. The van der Waals surface area contributed by atoms with E-state index in [1.54, 1.807) is 7.11 Å². The van der Waals surface area contributed by atoms with E-state index in [0.717, 1.165) is 50.5 Å². The number of methoxy groups -OCH3 is 1. The van der Waals surface area contributed by atoms with E-state index in [1.807, 2.05) is 18.2 Å². The normalized spacial score (nSPS) is 43.4. The van der Waals surface area contributed by atoms with Gasteiger partial charge >= 0.3 is 0 Å². The number of hydrogen-bond donors (Lipinski definition) is 0. The van der Waals surface area contributed by atoms with Crippen LogP contribution in [0.1, 0.15) is 57.4 Å². The van der Waals surface area contributed by atoms with Gasteiger partial charge in [0.25, 0.3) is 5.79 Å². The first kappa shape index (κ1) is 19.4. The zero-order valence-electron chi connectivity index (χ0n) is 16.5. The molecule has 4 nitrogen and oxygen atoms in total. The minimum atomic E-state index is -0.934. The molecule has 154 valence electrons. The van der Waals surface area contributed by atoms with Gasteiger partial charge in [-0.2, -0.15) is 4.89 Å². The monoisotopic (exact) mass is 426 g/mol. The minimum Gasteiger partial charge on any atom is -0.492 e. The third kappa shape index (κ3) is 2.54. The Kier molecular flexibility index (Phi) is 4.68. The standard InChI is InChI=1S/C22H28Cl2O4/c1-3-4-7-26-19-10-15(5-6-18(19)23)22(25-2)21(27-28-22)16-8-14-9-17(21)13-20(24,11-14)12-16/h5-6,10,14,16-17H,3-4,7-9,11-13H2,1-2H3. The van der Waals surface area contributed by atoms with Gasteiger partial charge in [0.05, 0.1) is 11.6 Å². The number of rotatable bonds is 6. The highest BCUT2D eigenvalue weighted by Crippen LogP contribution is 2.71. The minimum absolute atomic E-state index is 0.0748. The molecule has 6 heteroatoms. The number of benzene rings is 1. The van der Waals surface area contributed by atoms with Crippen LogP contribution in [0.15, 0.2) is 18.2 Å². The van der Waals surface area contributed by atoms with Crippen molar-refractivity contribution in [3.63, 3.8) is 0 Å². The Morgan fingerprint density at radius 1 is 1.14 bits per heavy atom. The molecular weight excluding hydrogens is 399 g/mol. The molecule has 5 fully saturated rings. The topological polar surface area (TPSA) is 36.9 Å². The van der Waals surface area contributed by atoms with Gasteiger partial charge in [0.2, 0.25) is 0 Å². The highest BCUT2D eigenvalue weighted by molar-refractivity contribution is 6.32. The van der Waals surface area contributed by atoms with Crippen LogP contribution in [0.3, 0.4) is 0 Å². The van der Waals surface area contributed by atoms with Gasteiger partial charge in [0, 0.05) is 17.5 Å². The van der Waals surface area contributed by atoms with Crippen molar-refractivity contribution in [3.8, 4) is 5.75 Å². The van der Waals surface area contributed by atoms with Gasteiger partial charge in [-0.05, 0) is 68.4 Å². The van der Waals surface area contributed by atoms with Crippen LogP contribution in [0.25, 0.3) is 0 Å². The van der Waals surface area contributed by atoms with Crippen molar-refractivity contribution in [3.05, 3.63) is 28.8 Å². The average Bonchev–Trinajstić information content (AvgIpc) is 2.62. The Balaban J connectivity index is 1.51. The fourth-order valence-electron chi connectivity index (χ4n) is 6.49. The summed E-state index contributed by atoms with van der Waals surface area (Å²) >= 11 is 13.4. The Morgan fingerprint density at radius 2 is 1.89 bits per heavy atom. The van der Waals surface area contributed by atoms with Crippen LogP contribution >= 0.6 is 23.2 Å². The van der Waals surface area contributed by atoms with Crippen molar-refractivity contribution in [1.29, 1.82) is 0 Å². The summed E-state index contributed by atoms with van der Waals surface area (Å²) in [6.45, 7) is 2.78. The predicted octanol–water partition coefficient (Wildman–Crippen LogP) is 5.84. The molecule has 3 unspecified atom stereocenters. The zero-order valence-corrected chi connectivity index (χ0v) is 18.0. The molecule has 1 saturated heterocycles. The molecular formula is C22H28Cl2O4. The summed E-state index contributed by atoms with van der Waals surface area (Å²) in [5.74, 6) is 1.11. The molecule has 3 atom stereocenters. The van der Waals surface area contributed by atoms with Crippen LogP contribution < -0.4 is 4.74 Å². The van der Waals surface area contributed by atoms with Crippen molar-refractivity contribution in [2.45, 2.75) is 68.1 Å². The molecule has 1 heterocycles. The molecule has 0 radical (unpaired) electrons. The predicted molar refractivity (Wildman–Crippen MR) is 108 cm³/mol. The Hall–Kier alpha value is -0.520. The molecule has 4 aliphatic carbocycles. The van der Waals surface area contributed by atoms with E-state index >= 15 is 0 Å². The molecule has 6 rings (SSSR count). The molecule has 1 aromatic carbocycles. The molecule has 1 aromatic rings. The third-order valence-corrected chi connectivity index (χ3v) is 8.27. The summed E-state index contributed by atoms with van der Waals surface area (Å²) in [6, 6.07) is 5.81. The Bertz CT molecular complexity index is 749. The molecule has 0 aromatic heterocycles. The first-order chi connectivity index (χ1) is 13.5. The zero-order chi connectivity index (χ0) is 19.6. The van der Waals surface area contributed by atoms with Crippen LogP contribution in [0.4, 0.5) is 0 Å². The van der Waals surface area contributed by atoms with Crippen LogP contribution in [-0.2, 0) is 20.3 Å². The van der Waals surface area contributed by atoms with Crippen molar-refractivity contribution in [2.75, 3.05) is 13.7 Å². The second-order valence-electron chi connectivity index (χ2n) is 9.12. The molecule has 0 amide bonds. The molecule has 4 bridgehead atoms. The van der Waals surface area contributed by atoms with Crippen LogP contribution in [0, 0.1) is 17.8 Å². The average molecular weight is 427 g/mol. The number of halogens is 2. The summed E-state index contributed by atoms with van der Waals surface area (Å²) in [5.41, 5.74) is 0.430. The van der Waals surface area contributed by atoms with Crippen molar-refractivity contribution >= 4 is 23.2 Å². The van der Waals surface area contributed by atoms with Crippen LogP contribution in [-0.4, -0.2) is 24.2 Å². The molecule has 28 heavy (non-hydrogen) atoms. The lowest BCUT2D eigenvalue weighted by molar-refractivity contribution is -0.645. The van der Waals surface area contributed by atoms with Gasteiger partial charge in [-0.3, -0.25) is 0 Å². The highest BCUT2D eigenvalue weighted by Gasteiger charge is 2.78. The number of alkyl halides is 1. The molecule has 1 aliphatic heterocycles. The molecule has 4 saturated carbocycles. The lowest BCUT2D eigenvalue weighted by Crippen LogP contribution is -2.78. The maximum Gasteiger partial charge on any atom is 0.260 e. The number of hydrogen-bond acceptors (Lipinski definition) is 4. The van der Waals surface area contributed by atoms with Crippen molar-refractivity contribution in [1.82, 2.24) is 0 Å². The Labute approximate surface area is 176 Å². The summed E-state index contributed by atoms with van der Waals surface area (Å²) in [7, 11) is 1.71. The maximum atomic E-state index is 6.96. The summed E-state index contributed by atoms with van der Waals surface area (Å²) in [4.78, 5) is 11.8. The van der Waals surface area contributed by atoms with E-state index in [1.165, 1.54) is 0 Å². The third-order valence-electron chi connectivity index (χ3n) is 7.49. The number of ether oxygens (including phenoxy) is 2. The van der Waals surface area contributed by atoms with Gasteiger partial charge in [-0.25, -0.2) is 4.89 Å². The fourth-order valence-corrected chi connectivity index (χ4v) is 7.25. The van der Waals surface area contributed by atoms with Crippen LogP contribution in [0.2, 0.25) is 5.02 Å². The lowest BCUT2D eigenvalue weighted by atomic mass is 9.46. The van der Waals surface area contributed by atoms with Gasteiger partial charge in [0.15, 0.2) is 5.60 Å². The highest BCUT2D eigenvalue weighted by atomic mass is 35.5. The van der Waals surface area contributed by atoms with Gasteiger partial charge in [-0.1, -0.05) is 31.0 Å². The van der Waals surface area contributed by atoms with Crippen LogP contribution in [0.5, 0.6) is 5.75 Å². The quantitative estimate of drug-likeness (QED) is 0.325. The SMILES string of the molecule is CCCCOc1cc(C2(OC)OOC23C2CC4CC3CC(Cl)(C4)C2)ccc1Cl. The van der Waals surface area contributed by atoms with Crippen molar-refractivity contribution in [2.24, 2.45) is 17.8 Å². The lowest BCUT2D eigenvalue weighted by Gasteiger charge is -2.70. The van der Waals surface area contributed by atoms with E-state index < -0.39 is 11.4 Å². The van der Waals surface area contributed by atoms with E-state index in [4.69, 9.17) is 42.5 Å². The second-order valence-corrected chi connectivity index (χ2v) is 10.3. The summed E-state index contributed by atoms with van der Waals surface area (Å²) in [5, 5.41) is 0.602. The van der Waals surface area contributed by atoms with E-state index in [0.29, 0.717) is 35.1 Å². The first-order valence-electron chi connectivity index (χ1n) is 10.5. The van der Waals surface area contributed by atoms with Crippen molar-refractivity contribution < 1.29 is 19.2 Å². The van der Waals surface area contributed by atoms with E-state index in [-0.39, 0.29) is 4.87 Å². The van der Waals surface area contributed by atoms with Gasteiger partial charge in [0.1, 0.15) is 5.75 Å². The largest absolute Gasteiger partial charge is 0.492 e. The van der Waals surface area contributed by atoms with E-state index in [9.17, 15) is 0 Å². The first-order valence-corrected chi connectivity index (χ1v) is 11.3. The molecule has 0 N–H and O–H groups in total. The number of unbranched alkanes of at least 4 members (excludes halogenated alkanes) is 1. The summed E-state index contributed by atoms with van der Waals surface area (Å²) in [6.07, 6.45) is 7.38. The molecule has 5 aliphatic rings.